The first-order valence-corrected chi connectivity index (χ1v) is 5.71. The molecule has 1 atom stereocenters. The third kappa shape index (κ3) is 2.44. The molecule has 1 aromatic heterocycles. The van der Waals surface area contributed by atoms with Crippen LogP contribution in [0, 0.1) is 5.82 Å². The van der Waals surface area contributed by atoms with Crippen LogP contribution in [0.25, 0.3) is 0 Å². The van der Waals surface area contributed by atoms with Gasteiger partial charge in [-0.25, -0.2) is 4.39 Å². The smallest absolute Gasteiger partial charge is 0.125 e. The van der Waals surface area contributed by atoms with E-state index in [9.17, 15) is 4.39 Å². The molecule has 0 radical (unpaired) electrons. The van der Waals surface area contributed by atoms with Gasteiger partial charge in [0.15, 0.2) is 0 Å². The summed E-state index contributed by atoms with van der Waals surface area (Å²) in [6.45, 7) is 1.98. The van der Waals surface area contributed by atoms with Crippen LogP contribution in [0.4, 0.5) is 10.1 Å². The lowest BCUT2D eigenvalue weighted by molar-refractivity contribution is 0.490. The molecule has 0 saturated carbocycles. The van der Waals surface area contributed by atoms with Crippen molar-refractivity contribution >= 4 is 21.6 Å². The Hall–Kier alpha value is -1.29. The molecule has 16 heavy (non-hydrogen) atoms. The highest BCUT2D eigenvalue weighted by molar-refractivity contribution is 9.10. The minimum atomic E-state index is -0.261. The van der Waals surface area contributed by atoms with Gasteiger partial charge in [-0.15, -0.1) is 0 Å². The van der Waals surface area contributed by atoms with E-state index >= 15 is 0 Å². The topological polar surface area (TPSA) is 25.2 Å². The van der Waals surface area contributed by atoms with E-state index in [0.29, 0.717) is 4.47 Å². The summed E-state index contributed by atoms with van der Waals surface area (Å²) in [7, 11) is 0. The molecule has 0 saturated heterocycles. The number of anilines is 1. The lowest BCUT2D eigenvalue weighted by atomic mass is 10.2. The molecule has 84 valence electrons. The van der Waals surface area contributed by atoms with Gasteiger partial charge in [0.1, 0.15) is 11.6 Å². The molecule has 1 N–H and O–H groups in total. The average molecular weight is 284 g/mol. The molecular weight excluding hydrogens is 273 g/mol. The Kier molecular flexibility index (Phi) is 3.29. The van der Waals surface area contributed by atoms with E-state index in [4.69, 9.17) is 4.42 Å². The van der Waals surface area contributed by atoms with E-state index in [1.807, 2.05) is 19.1 Å². The van der Waals surface area contributed by atoms with Crippen LogP contribution in [0.15, 0.2) is 45.5 Å². The number of hydrogen-bond donors (Lipinski definition) is 1. The summed E-state index contributed by atoms with van der Waals surface area (Å²) in [6.07, 6.45) is 1.63. The largest absolute Gasteiger partial charge is 0.467 e. The van der Waals surface area contributed by atoms with Crippen molar-refractivity contribution in [3.8, 4) is 0 Å². The molecule has 2 nitrogen and oxygen atoms in total. The highest BCUT2D eigenvalue weighted by atomic mass is 79.9. The number of furan rings is 1. The highest BCUT2D eigenvalue weighted by Crippen LogP contribution is 2.27. The zero-order valence-electron chi connectivity index (χ0n) is 8.71. The van der Waals surface area contributed by atoms with Gasteiger partial charge in [0.05, 0.1) is 12.3 Å². The van der Waals surface area contributed by atoms with Gasteiger partial charge < -0.3 is 9.73 Å². The average Bonchev–Trinajstić information content (AvgIpc) is 2.75. The Morgan fingerprint density at radius 2 is 2.19 bits per heavy atom. The molecule has 0 amide bonds. The maximum Gasteiger partial charge on any atom is 0.125 e. The second kappa shape index (κ2) is 4.70. The molecule has 1 aromatic carbocycles. The normalized spacial score (nSPS) is 12.4. The summed E-state index contributed by atoms with van der Waals surface area (Å²) < 4.78 is 18.9. The molecule has 4 heteroatoms. The van der Waals surface area contributed by atoms with Crippen LogP contribution in [-0.2, 0) is 0 Å². The molecule has 0 fully saturated rings. The van der Waals surface area contributed by atoms with E-state index in [-0.39, 0.29) is 11.9 Å². The first-order chi connectivity index (χ1) is 7.66. The van der Waals surface area contributed by atoms with Gasteiger partial charge in [0, 0.05) is 10.2 Å². The number of halogens is 2. The van der Waals surface area contributed by atoms with Crippen molar-refractivity contribution in [2.75, 3.05) is 5.32 Å². The van der Waals surface area contributed by atoms with Gasteiger partial charge >= 0.3 is 0 Å². The van der Waals surface area contributed by atoms with Gasteiger partial charge in [0.2, 0.25) is 0 Å². The van der Waals surface area contributed by atoms with Crippen LogP contribution in [0.2, 0.25) is 0 Å². The number of nitrogens with one attached hydrogen (secondary N) is 1. The minimum Gasteiger partial charge on any atom is -0.467 e. The Balaban J connectivity index is 2.15. The van der Waals surface area contributed by atoms with Crippen LogP contribution in [0.1, 0.15) is 18.7 Å². The van der Waals surface area contributed by atoms with Crippen molar-refractivity contribution in [2.45, 2.75) is 13.0 Å². The second-order valence-electron chi connectivity index (χ2n) is 3.51. The van der Waals surface area contributed by atoms with Gasteiger partial charge in [-0.3, -0.25) is 0 Å². The van der Waals surface area contributed by atoms with E-state index in [0.717, 1.165) is 11.4 Å². The monoisotopic (exact) mass is 283 g/mol. The quantitative estimate of drug-likeness (QED) is 0.906. The Labute approximate surface area is 102 Å². The summed E-state index contributed by atoms with van der Waals surface area (Å²) in [5.74, 6) is 0.583. The Morgan fingerprint density at radius 3 is 2.81 bits per heavy atom. The first kappa shape index (κ1) is 11.2. The summed E-state index contributed by atoms with van der Waals surface area (Å²) in [6, 6.07) is 8.32. The molecule has 1 unspecified atom stereocenters. The summed E-state index contributed by atoms with van der Waals surface area (Å²) in [5, 5.41) is 3.23. The predicted octanol–water partition coefficient (Wildman–Crippen LogP) is 4.35. The van der Waals surface area contributed by atoms with Gasteiger partial charge in [-0.1, -0.05) is 0 Å². The van der Waals surface area contributed by atoms with E-state index in [1.54, 1.807) is 12.3 Å². The lowest BCUT2D eigenvalue weighted by Crippen LogP contribution is -2.06. The van der Waals surface area contributed by atoms with Crippen LogP contribution < -0.4 is 5.32 Å². The Bertz CT molecular complexity index is 470. The second-order valence-corrected chi connectivity index (χ2v) is 4.36. The molecule has 2 rings (SSSR count). The first-order valence-electron chi connectivity index (χ1n) is 4.92. The van der Waals surface area contributed by atoms with Crippen molar-refractivity contribution in [2.24, 2.45) is 0 Å². The van der Waals surface area contributed by atoms with Crippen molar-refractivity contribution in [3.63, 3.8) is 0 Å². The summed E-state index contributed by atoms with van der Waals surface area (Å²) >= 11 is 3.31. The molecule has 0 aliphatic rings. The fourth-order valence-corrected chi connectivity index (χ4v) is 1.91. The van der Waals surface area contributed by atoms with Gasteiger partial charge in [0.25, 0.3) is 0 Å². The SMILES string of the molecule is CC(Nc1ccc(F)cc1Br)c1ccco1. The fraction of sp³-hybridized carbons (Fsp3) is 0.167. The van der Waals surface area contributed by atoms with Gasteiger partial charge in [-0.2, -0.15) is 0 Å². The number of rotatable bonds is 3. The van der Waals surface area contributed by atoms with Crippen LogP contribution in [0.3, 0.4) is 0 Å². The van der Waals surface area contributed by atoms with Crippen molar-refractivity contribution in [3.05, 3.63) is 52.6 Å². The van der Waals surface area contributed by atoms with E-state index in [2.05, 4.69) is 21.2 Å². The standard InChI is InChI=1S/C12H11BrFNO/c1-8(12-3-2-6-16-12)15-11-5-4-9(14)7-10(11)13/h2-8,15H,1H3. The molecule has 0 aliphatic heterocycles. The van der Waals surface area contributed by atoms with Crippen molar-refractivity contribution < 1.29 is 8.81 Å². The molecule has 0 spiro atoms. The predicted molar refractivity (Wildman–Crippen MR) is 64.8 cm³/mol. The number of hydrogen-bond acceptors (Lipinski definition) is 2. The van der Waals surface area contributed by atoms with Gasteiger partial charge in [-0.05, 0) is 53.2 Å². The Morgan fingerprint density at radius 1 is 1.38 bits per heavy atom. The molecule has 0 aliphatic carbocycles. The third-order valence-electron chi connectivity index (χ3n) is 2.27. The maximum atomic E-state index is 12.9. The zero-order valence-corrected chi connectivity index (χ0v) is 10.3. The highest BCUT2D eigenvalue weighted by Gasteiger charge is 2.09. The van der Waals surface area contributed by atoms with E-state index < -0.39 is 0 Å². The van der Waals surface area contributed by atoms with Crippen LogP contribution >= 0.6 is 15.9 Å². The molecular formula is C12H11BrFNO. The van der Waals surface area contributed by atoms with Crippen molar-refractivity contribution in [1.29, 1.82) is 0 Å². The molecule has 1 heterocycles. The van der Waals surface area contributed by atoms with Crippen LogP contribution in [-0.4, -0.2) is 0 Å². The fourth-order valence-electron chi connectivity index (χ4n) is 1.45. The maximum absolute atomic E-state index is 12.9. The van der Waals surface area contributed by atoms with Crippen molar-refractivity contribution in [1.82, 2.24) is 0 Å². The third-order valence-corrected chi connectivity index (χ3v) is 2.93. The van der Waals surface area contributed by atoms with E-state index in [1.165, 1.54) is 12.1 Å². The van der Waals surface area contributed by atoms with Crippen LogP contribution in [0.5, 0.6) is 0 Å². The minimum absolute atomic E-state index is 0.0387. The molecule has 0 bridgehead atoms. The summed E-state index contributed by atoms with van der Waals surface area (Å²) in [4.78, 5) is 0. The summed E-state index contributed by atoms with van der Waals surface area (Å²) in [5.41, 5.74) is 0.838. The number of benzene rings is 1. The zero-order chi connectivity index (χ0) is 11.5. The molecule has 2 aromatic rings. The lowest BCUT2D eigenvalue weighted by Gasteiger charge is -2.14.